The standard InChI is InChI=1S/C18H18N4O2/c1-12-10-17(24-3)13(2)9-15(12)20-18(23)16-11-19-22(21-16)14-7-5-4-6-8-14/h4-11H,1-3H3,(H,20,23). The molecule has 1 N–H and O–H groups in total. The molecule has 1 aromatic heterocycles. The topological polar surface area (TPSA) is 69.0 Å². The van der Waals surface area contributed by atoms with E-state index < -0.39 is 0 Å². The Morgan fingerprint density at radius 1 is 1.12 bits per heavy atom. The molecule has 3 rings (SSSR count). The summed E-state index contributed by atoms with van der Waals surface area (Å²) in [5, 5.41) is 11.2. The van der Waals surface area contributed by atoms with Crippen molar-refractivity contribution in [1.29, 1.82) is 0 Å². The van der Waals surface area contributed by atoms with E-state index in [0.29, 0.717) is 0 Å². The van der Waals surface area contributed by atoms with Gasteiger partial charge in [0.15, 0.2) is 5.69 Å². The third-order valence-corrected chi connectivity index (χ3v) is 3.70. The molecular formula is C18H18N4O2. The zero-order valence-electron chi connectivity index (χ0n) is 13.8. The first-order valence-corrected chi connectivity index (χ1v) is 7.53. The molecule has 0 fully saturated rings. The Hall–Kier alpha value is -3.15. The molecular weight excluding hydrogens is 304 g/mol. The summed E-state index contributed by atoms with van der Waals surface area (Å²) in [5.41, 5.74) is 3.65. The van der Waals surface area contributed by atoms with Crippen LogP contribution in [0.4, 0.5) is 5.69 Å². The van der Waals surface area contributed by atoms with Crippen LogP contribution >= 0.6 is 0 Å². The summed E-state index contributed by atoms with van der Waals surface area (Å²) in [7, 11) is 1.63. The fourth-order valence-corrected chi connectivity index (χ4v) is 2.38. The van der Waals surface area contributed by atoms with Crippen molar-refractivity contribution in [3.8, 4) is 11.4 Å². The van der Waals surface area contributed by atoms with Gasteiger partial charge in [-0.1, -0.05) is 18.2 Å². The number of nitrogens with one attached hydrogen (secondary N) is 1. The van der Waals surface area contributed by atoms with Gasteiger partial charge in [0.25, 0.3) is 5.91 Å². The molecule has 0 saturated heterocycles. The predicted octanol–water partition coefficient (Wildman–Crippen LogP) is 3.15. The van der Waals surface area contributed by atoms with Gasteiger partial charge in [0.1, 0.15) is 5.75 Å². The minimum Gasteiger partial charge on any atom is -0.496 e. The highest BCUT2D eigenvalue weighted by molar-refractivity contribution is 6.03. The zero-order valence-corrected chi connectivity index (χ0v) is 13.8. The molecule has 24 heavy (non-hydrogen) atoms. The summed E-state index contributed by atoms with van der Waals surface area (Å²) in [5.74, 6) is 0.491. The quantitative estimate of drug-likeness (QED) is 0.801. The number of anilines is 1. The van der Waals surface area contributed by atoms with E-state index in [-0.39, 0.29) is 11.6 Å². The van der Waals surface area contributed by atoms with Crippen molar-refractivity contribution >= 4 is 11.6 Å². The van der Waals surface area contributed by atoms with Gasteiger partial charge in [-0.25, -0.2) is 0 Å². The minimum atomic E-state index is -0.301. The number of carbonyl (C=O) groups excluding carboxylic acids is 1. The fraction of sp³-hybridized carbons (Fsp3) is 0.167. The Morgan fingerprint density at radius 2 is 1.88 bits per heavy atom. The number of benzene rings is 2. The fourth-order valence-electron chi connectivity index (χ4n) is 2.38. The largest absolute Gasteiger partial charge is 0.496 e. The lowest BCUT2D eigenvalue weighted by atomic mass is 10.1. The summed E-state index contributed by atoms with van der Waals surface area (Å²) >= 11 is 0. The maximum atomic E-state index is 12.4. The second-order valence-electron chi connectivity index (χ2n) is 5.45. The number of ether oxygens (including phenoxy) is 1. The molecule has 2 aromatic carbocycles. The van der Waals surface area contributed by atoms with Crippen molar-refractivity contribution in [2.24, 2.45) is 0 Å². The van der Waals surface area contributed by atoms with Gasteiger partial charge in [-0.05, 0) is 49.2 Å². The lowest BCUT2D eigenvalue weighted by Gasteiger charge is -2.11. The Bertz CT molecular complexity index is 872. The van der Waals surface area contributed by atoms with Crippen LogP contribution in [0, 0.1) is 13.8 Å². The van der Waals surface area contributed by atoms with Gasteiger partial charge >= 0.3 is 0 Å². The molecule has 0 saturated carbocycles. The Kier molecular flexibility index (Phi) is 4.29. The number of hydrogen-bond donors (Lipinski definition) is 1. The van der Waals surface area contributed by atoms with Crippen molar-refractivity contribution < 1.29 is 9.53 Å². The monoisotopic (exact) mass is 322 g/mol. The van der Waals surface area contributed by atoms with Gasteiger partial charge in [0.2, 0.25) is 0 Å². The number of amides is 1. The molecule has 0 aliphatic rings. The number of carbonyl (C=O) groups is 1. The molecule has 6 nitrogen and oxygen atoms in total. The molecule has 1 heterocycles. The Labute approximate surface area is 140 Å². The normalized spacial score (nSPS) is 10.5. The molecule has 0 aliphatic carbocycles. The smallest absolute Gasteiger partial charge is 0.277 e. The van der Waals surface area contributed by atoms with E-state index in [0.717, 1.165) is 28.3 Å². The van der Waals surface area contributed by atoms with Gasteiger partial charge < -0.3 is 10.1 Å². The number of para-hydroxylation sites is 1. The van der Waals surface area contributed by atoms with Gasteiger partial charge in [-0.2, -0.15) is 9.90 Å². The second-order valence-corrected chi connectivity index (χ2v) is 5.45. The number of hydrogen-bond acceptors (Lipinski definition) is 4. The predicted molar refractivity (Wildman–Crippen MR) is 91.8 cm³/mol. The molecule has 0 radical (unpaired) electrons. The van der Waals surface area contributed by atoms with Crippen molar-refractivity contribution in [3.05, 3.63) is 65.5 Å². The number of rotatable bonds is 4. The highest BCUT2D eigenvalue weighted by Crippen LogP contribution is 2.26. The molecule has 3 aromatic rings. The van der Waals surface area contributed by atoms with E-state index in [1.165, 1.54) is 11.0 Å². The third kappa shape index (κ3) is 3.12. The number of methoxy groups -OCH3 is 1. The Balaban J connectivity index is 1.81. The van der Waals surface area contributed by atoms with Crippen LogP contribution in [0.2, 0.25) is 0 Å². The van der Waals surface area contributed by atoms with Crippen LogP contribution in [-0.4, -0.2) is 28.0 Å². The van der Waals surface area contributed by atoms with E-state index in [9.17, 15) is 4.79 Å². The molecule has 6 heteroatoms. The molecule has 0 unspecified atom stereocenters. The maximum Gasteiger partial charge on any atom is 0.277 e. The number of aromatic nitrogens is 3. The lowest BCUT2D eigenvalue weighted by Crippen LogP contribution is -2.14. The molecule has 0 atom stereocenters. The maximum absolute atomic E-state index is 12.4. The van der Waals surface area contributed by atoms with Crippen molar-refractivity contribution in [1.82, 2.24) is 15.0 Å². The van der Waals surface area contributed by atoms with Crippen molar-refractivity contribution in [2.45, 2.75) is 13.8 Å². The van der Waals surface area contributed by atoms with Crippen LogP contribution in [0.3, 0.4) is 0 Å². The van der Waals surface area contributed by atoms with E-state index in [4.69, 9.17) is 4.74 Å². The van der Waals surface area contributed by atoms with Gasteiger partial charge in [-0.3, -0.25) is 4.79 Å². The molecule has 1 amide bonds. The lowest BCUT2D eigenvalue weighted by molar-refractivity contribution is 0.102. The van der Waals surface area contributed by atoms with Crippen LogP contribution in [0.5, 0.6) is 5.75 Å². The first kappa shape index (κ1) is 15.7. The highest BCUT2D eigenvalue weighted by atomic mass is 16.5. The summed E-state index contributed by atoms with van der Waals surface area (Å²) < 4.78 is 5.28. The zero-order chi connectivity index (χ0) is 17.1. The first-order valence-electron chi connectivity index (χ1n) is 7.53. The van der Waals surface area contributed by atoms with Crippen LogP contribution in [0.15, 0.2) is 48.7 Å². The van der Waals surface area contributed by atoms with Crippen molar-refractivity contribution in [3.63, 3.8) is 0 Å². The SMILES string of the molecule is COc1cc(C)c(NC(=O)c2cnn(-c3ccccc3)n2)cc1C. The minimum absolute atomic E-state index is 0.256. The third-order valence-electron chi connectivity index (χ3n) is 3.70. The van der Waals surface area contributed by atoms with Crippen LogP contribution in [0.1, 0.15) is 21.6 Å². The average molecular weight is 322 g/mol. The van der Waals surface area contributed by atoms with E-state index in [1.54, 1.807) is 7.11 Å². The first-order chi connectivity index (χ1) is 11.6. The molecule has 0 bridgehead atoms. The molecule has 0 spiro atoms. The second kappa shape index (κ2) is 6.54. The average Bonchev–Trinajstić information content (AvgIpc) is 3.09. The van der Waals surface area contributed by atoms with E-state index in [2.05, 4.69) is 15.5 Å². The molecule has 122 valence electrons. The van der Waals surface area contributed by atoms with Gasteiger partial charge in [0.05, 0.1) is 19.0 Å². The van der Waals surface area contributed by atoms with Gasteiger partial charge in [0, 0.05) is 5.69 Å². The summed E-state index contributed by atoms with van der Waals surface area (Å²) in [6.45, 7) is 3.85. The Morgan fingerprint density at radius 3 is 2.58 bits per heavy atom. The summed E-state index contributed by atoms with van der Waals surface area (Å²) in [6, 6.07) is 13.2. The van der Waals surface area contributed by atoms with Crippen molar-refractivity contribution in [2.75, 3.05) is 12.4 Å². The van der Waals surface area contributed by atoms with E-state index >= 15 is 0 Å². The number of nitrogens with zero attached hydrogens (tertiary/aromatic N) is 3. The van der Waals surface area contributed by atoms with Crippen LogP contribution in [0.25, 0.3) is 5.69 Å². The number of aryl methyl sites for hydroxylation is 2. The van der Waals surface area contributed by atoms with Crippen LogP contribution < -0.4 is 10.1 Å². The highest BCUT2D eigenvalue weighted by Gasteiger charge is 2.14. The van der Waals surface area contributed by atoms with E-state index in [1.807, 2.05) is 56.3 Å². The molecule has 0 aliphatic heterocycles. The van der Waals surface area contributed by atoms with Crippen LogP contribution in [-0.2, 0) is 0 Å². The summed E-state index contributed by atoms with van der Waals surface area (Å²) in [4.78, 5) is 13.9. The van der Waals surface area contributed by atoms with Gasteiger partial charge in [-0.15, -0.1) is 5.10 Å². The summed E-state index contributed by atoms with van der Waals surface area (Å²) in [6.07, 6.45) is 1.45.